The van der Waals surface area contributed by atoms with Crippen LogP contribution in [0.25, 0.3) is 0 Å². The van der Waals surface area contributed by atoms with Gasteiger partial charge in [0.15, 0.2) is 0 Å². The van der Waals surface area contributed by atoms with Crippen molar-refractivity contribution in [3.05, 3.63) is 35.5 Å². The molecular formula is C21H29N7O2. The summed E-state index contributed by atoms with van der Waals surface area (Å²) < 4.78 is 1.82. The zero-order chi connectivity index (χ0) is 21.5. The minimum Gasteiger partial charge on any atom is -0.342 e. The molecule has 0 radical (unpaired) electrons. The van der Waals surface area contributed by atoms with Crippen LogP contribution >= 0.6 is 0 Å². The molecule has 2 aromatic heterocycles. The molecule has 9 nitrogen and oxygen atoms in total. The SMILES string of the molecule is CCN1c2ncccc2C(=O)NC12CCN(C(=O)CC(C)n1nc(C)nc1C)CC2. The van der Waals surface area contributed by atoms with Gasteiger partial charge in [0.25, 0.3) is 5.91 Å². The van der Waals surface area contributed by atoms with Gasteiger partial charge < -0.3 is 15.1 Å². The molecule has 4 heterocycles. The second-order valence-corrected chi connectivity index (χ2v) is 8.19. The summed E-state index contributed by atoms with van der Waals surface area (Å²) in [6.07, 6.45) is 3.45. The Balaban J connectivity index is 1.45. The number of amides is 2. The first-order valence-electron chi connectivity index (χ1n) is 10.6. The van der Waals surface area contributed by atoms with Gasteiger partial charge in [0, 0.05) is 45.1 Å². The van der Waals surface area contributed by atoms with E-state index in [2.05, 4.69) is 32.2 Å². The second kappa shape index (κ2) is 7.70. The van der Waals surface area contributed by atoms with Gasteiger partial charge in [-0.3, -0.25) is 9.59 Å². The Hall–Kier alpha value is -2.97. The highest BCUT2D eigenvalue weighted by Crippen LogP contribution is 2.36. The van der Waals surface area contributed by atoms with Gasteiger partial charge in [0.1, 0.15) is 23.1 Å². The molecule has 2 aromatic rings. The van der Waals surface area contributed by atoms with E-state index in [1.807, 2.05) is 30.4 Å². The van der Waals surface area contributed by atoms with Crippen molar-refractivity contribution in [2.45, 2.75) is 58.7 Å². The molecule has 30 heavy (non-hydrogen) atoms. The molecule has 2 aliphatic heterocycles. The lowest BCUT2D eigenvalue weighted by molar-refractivity contribution is -0.133. The van der Waals surface area contributed by atoms with E-state index in [0.29, 0.717) is 43.7 Å². The Morgan fingerprint density at radius 3 is 2.67 bits per heavy atom. The van der Waals surface area contributed by atoms with Crippen molar-refractivity contribution in [3.8, 4) is 0 Å². The number of nitrogens with one attached hydrogen (secondary N) is 1. The van der Waals surface area contributed by atoms with Crippen molar-refractivity contribution in [2.75, 3.05) is 24.5 Å². The van der Waals surface area contributed by atoms with Gasteiger partial charge >= 0.3 is 0 Å². The lowest BCUT2D eigenvalue weighted by Gasteiger charge is -2.51. The normalized spacial score (nSPS) is 18.9. The fourth-order valence-electron chi connectivity index (χ4n) is 4.73. The van der Waals surface area contributed by atoms with E-state index < -0.39 is 5.66 Å². The molecule has 1 unspecified atom stereocenters. The molecule has 1 spiro atoms. The van der Waals surface area contributed by atoms with Crippen molar-refractivity contribution >= 4 is 17.6 Å². The molecule has 9 heteroatoms. The Bertz CT molecular complexity index is 962. The Kier molecular flexibility index (Phi) is 5.21. The number of anilines is 1. The van der Waals surface area contributed by atoms with Gasteiger partial charge in [-0.05, 0) is 39.8 Å². The molecular weight excluding hydrogens is 382 g/mol. The van der Waals surface area contributed by atoms with E-state index in [1.165, 1.54) is 0 Å². The molecule has 0 bridgehead atoms. The summed E-state index contributed by atoms with van der Waals surface area (Å²) in [4.78, 5) is 38.5. The van der Waals surface area contributed by atoms with Crippen LogP contribution in [0.15, 0.2) is 18.3 Å². The summed E-state index contributed by atoms with van der Waals surface area (Å²) in [5.74, 6) is 2.28. The topological polar surface area (TPSA) is 96.2 Å². The largest absolute Gasteiger partial charge is 0.342 e. The average molecular weight is 412 g/mol. The van der Waals surface area contributed by atoms with Crippen molar-refractivity contribution in [2.24, 2.45) is 0 Å². The number of piperidine rings is 1. The van der Waals surface area contributed by atoms with Crippen LogP contribution in [-0.2, 0) is 4.79 Å². The van der Waals surface area contributed by atoms with Gasteiger partial charge in [0.2, 0.25) is 5.91 Å². The van der Waals surface area contributed by atoms with Crippen LogP contribution < -0.4 is 10.2 Å². The van der Waals surface area contributed by atoms with E-state index in [0.717, 1.165) is 18.2 Å². The first-order chi connectivity index (χ1) is 14.3. The molecule has 0 saturated carbocycles. The maximum Gasteiger partial charge on any atom is 0.256 e. The third-order valence-electron chi connectivity index (χ3n) is 6.20. The highest BCUT2D eigenvalue weighted by atomic mass is 16.2. The van der Waals surface area contributed by atoms with Gasteiger partial charge in [-0.15, -0.1) is 0 Å². The number of hydrogen-bond donors (Lipinski definition) is 1. The lowest BCUT2D eigenvalue weighted by atomic mass is 9.91. The highest BCUT2D eigenvalue weighted by Gasteiger charge is 2.46. The lowest BCUT2D eigenvalue weighted by Crippen LogP contribution is -2.68. The number of hydrogen-bond acceptors (Lipinski definition) is 6. The van der Waals surface area contributed by atoms with E-state index in [9.17, 15) is 9.59 Å². The van der Waals surface area contributed by atoms with Crippen LogP contribution in [0.2, 0.25) is 0 Å². The monoisotopic (exact) mass is 411 g/mol. The molecule has 1 fully saturated rings. The molecule has 160 valence electrons. The van der Waals surface area contributed by atoms with Crippen LogP contribution in [0.5, 0.6) is 0 Å². The summed E-state index contributed by atoms with van der Waals surface area (Å²) in [5, 5.41) is 7.61. The van der Waals surface area contributed by atoms with Crippen LogP contribution in [0.1, 0.15) is 61.2 Å². The molecule has 1 saturated heterocycles. The van der Waals surface area contributed by atoms with E-state index in [-0.39, 0.29) is 17.9 Å². The molecule has 0 aromatic carbocycles. The average Bonchev–Trinajstić information content (AvgIpc) is 3.07. The second-order valence-electron chi connectivity index (χ2n) is 8.19. The molecule has 1 N–H and O–H groups in total. The Morgan fingerprint density at radius 1 is 1.30 bits per heavy atom. The number of aryl methyl sites for hydroxylation is 2. The van der Waals surface area contributed by atoms with Gasteiger partial charge in [0.05, 0.1) is 11.6 Å². The van der Waals surface area contributed by atoms with Crippen LogP contribution in [0, 0.1) is 13.8 Å². The number of pyridine rings is 1. The number of fused-ring (bicyclic) bond motifs is 1. The number of carbonyl (C=O) groups excluding carboxylic acids is 2. The number of carbonyl (C=O) groups is 2. The number of likely N-dealkylation sites (tertiary alicyclic amines) is 1. The number of aromatic nitrogens is 4. The highest BCUT2D eigenvalue weighted by molar-refractivity contribution is 6.01. The predicted molar refractivity (Wildman–Crippen MR) is 112 cm³/mol. The van der Waals surface area contributed by atoms with Gasteiger partial charge in [-0.1, -0.05) is 0 Å². The molecule has 2 aliphatic rings. The maximum atomic E-state index is 12.9. The molecule has 2 amide bonds. The minimum atomic E-state index is -0.491. The summed E-state index contributed by atoms with van der Waals surface area (Å²) >= 11 is 0. The van der Waals surface area contributed by atoms with Crippen molar-refractivity contribution in [1.29, 1.82) is 0 Å². The summed E-state index contributed by atoms with van der Waals surface area (Å²) in [6.45, 7) is 9.75. The third-order valence-corrected chi connectivity index (χ3v) is 6.20. The van der Waals surface area contributed by atoms with Crippen LogP contribution in [0.3, 0.4) is 0 Å². The van der Waals surface area contributed by atoms with Crippen LogP contribution in [-0.4, -0.2) is 61.8 Å². The van der Waals surface area contributed by atoms with Gasteiger partial charge in [-0.25, -0.2) is 14.6 Å². The zero-order valence-corrected chi connectivity index (χ0v) is 18.1. The Labute approximate surface area is 176 Å². The maximum absolute atomic E-state index is 12.9. The van der Waals surface area contributed by atoms with Crippen molar-refractivity contribution < 1.29 is 9.59 Å². The minimum absolute atomic E-state index is 0.0489. The van der Waals surface area contributed by atoms with E-state index in [1.54, 1.807) is 18.3 Å². The molecule has 4 rings (SSSR count). The standard InChI is InChI=1S/C21H29N7O2/c1-5-27-19-17(7-6-10-22-19)20(30)24-21(27)8-11-26(12-9-21)18(29)13-14(2)28-16(4)23-15(3)25-28/h6-7,10,14H,5,8-9,11-13H2,1-4H3,(H,24,30). The van der Waals surface area contributed by atoms with Crippen molar-refractivity contribution in [1.82, 2.24) is 30.0 Å². The summed E-state index contributed by atoms with van der Waals surface area (Å²) in [5.41, 5.74) is 0.116. The predicted octanol–water partition coefficient (Wildman–Crippen LogP) is 1.83. The van der Waals surface area contributed by atoms with E-state index in [4.69, 9.17) is 0 Å². The zero-order valence-electron chi connectivity index (χ0n) is 18.1. The smallest absolute Gasteiger partial charge is 0.256 e. The summed E-state index contributed by atoms with van der Waals surface area (Å²) in [7, 11) is 0. The molecule has 1 atom stereocenters. The van der Waals surface area contributed by atoms with Crippen molar-refractivity contribution in [3.63, 3.8) is 0 Å². The Morgan fingerprint density at radius 2 is 2.03 bits per heavy atom. The fourth-order valence-corrected chi connectivity index (χ4v) is 4.73. The number of nitrogens with zero attached hydrogens (tertiary/aromatic N) is 6. The fraction of sp³-hybridized carbons (Fsp3) is 0.571. The summed E-state index contributed by atoms with van der Waals surface area (Å²) in [6, 6.07) is 3.54. The van der Waals surface area contributed by atoms with E-state index >= 15 is 0 Å². The first kappa shape index (κ1) is 20.3. The van der Waals surface area contributed by atoms with Crippen LogP contribution in [0.4, 0.5) is 5.82 Å². The number of rotatable bonds is 4. The first-order valence-corrected chi connectivity index (χ1v) is 10.6. The van der Waals surface area contributed by atoms with Gasteiger partial charge in [-0.2, -0.15) is 5.10 Å². The quantitative estimate of drug-likeness (QED) is 0.825. The third kappa shape index (κ3) is 3.42. The molecule has 0 aliphatic carbocycles.